The van der Waals surface area contributed by atoms with E-state index in [0.29, 0.717) is 18.8 Å². The van der Waals surface area contributed by atoms with Gasteiger partial charge in [0.25, 0.3) is 0 Å². The summed E-state index contributed by atoms with van der Waals surface area (Å²) in [5.41, 5.74) is 6.27. The third kappa shape index (κ3) is 3.16. The zero-order valence-corrected chi connectivity index (χ0v) is 13.3. The van der Waals surface area contributed by atoms with Gasteiger partial charge < -0.3 is 15.6 Å². The van der Waals surface area contributed by atoms with Crippen LogP contribution in [0.4, 0.5) is 10.2 Å². The van der Waals surface area contributed by atoms with Crippen LogP contribution in [0.25, 0.3) is 11.1 Å². The summed E-state index contributed by atoms with van der Waals surface area (Å²) in [6.45, 7) is 1.30. The van der Waals surface area contributed by atoms with Crippen molar-refractivity contribution in [1.82, 2.24) is 4.98 Å². The largest absolute Gasteiger partial charge is 0.478 e. The standard InChI is InChI=1S/C18H16FN3O3/c19-16-13(2-1-11(8-20)15(16)18(23)24)14-7-12(9-22-17(14)21)10-3-5-25-6-4-10/h1-2,7,9-10H,3-6H2,(H2,21,22)(H,23,24). The quantitative estimate of drug-likeness (QED) is 0.888. The molecule has 0 unspecified atom stereocenters. The molecule has 7 heteroatoms. The highest BCUT2D eigenvalue weighted by molar-refractivity contribution is 5.93. The molecule has 0 amide bonds. The van der Waals surface area contributed by atoms with Crippen LogP contribution in [-0.4, -0.2) is 29.3 Å². The molecular formula is C18H16FN3O3. The Kier molecular flexibility index (Phi) is 4.63. The van der Waals surface area contributed by atoms with E-state index in [-0.39, 0.29) is 22.9 Å². The van der Waals surface area contributed by atoms with Crippen molar-refractivity contribution in [3.05, 3.63) is 46.9 Å². The Morgan fingerprint density at radius 3 is 2.72 bits per heavy atom. The lowest BCUT2D eigenvalue weighted by atomic mass is 9.90. The van der Waals surface area contributed by atoms with Crippen molar-refractivity contribution in [1.29, 1.82) is 5.26 Å². The smallest absolute Gasteiger partial charge is 0.340 e. The Balaban J connectivity index is 2.12. The Morgan fingerprint density at radius 2 is 2.08 bits per heavy atom. The van der Waals surface area contributed by atoms with Crippen molar-refractivity contribution in [3.8, 4) is 17.2 Å². The molecule has 0 radical (unpaired) electrons. The molecule has 1 aromatic heterocycles. The highest BCUT2D eigenvalue weighted by Crippen LogP contribution is 2.34. The second-order valence-electron chi connectivity index (χ2n) is 5.85. The summed E-state index contributed by atoms with van der Waals surface area (Å²) < 4.78 is 20.1. The number of anilines is 1. The molecule has 3 rings (SSSR count). The minimum Gasteiger partial charge on any atom is -0.478 e. The van der Waals surface area contributed by atoms with Crippen LogP contribution < -0.4 is 5.73 Å². The number of aromatic nitrogens is 1. The van der Waals surface area contributed by atoms with E-state index in [1.807, 2.05) is 0 Å². The minimum atomic E-state index is -1.50. The van der Waals surface area contributed by atoms with Gasteiger partial charge in [0.05, 0.1) is 5.56 Å². The summed E-state index contributed by atoms with van der Waals surface area (Å²) in [5, 5.41) is 18.2. The van der Waals surface area contributed by atoms with Gasteiger partial charge in [0.15, 0.2) is 0 Å². The van der Waals surface area contributed by atoms with Crippen molar-refractivity contribution in [2.45, 2.75) is 18.8 Å². The number of nitrogen functional groups attached to an aromatic ring is 1. The number of ether oxygens (including phenoxy) is 1. The van der Waals surface area contributed by atoms with E-state index in [1.54, 1.807) is 18.3 Å². The predicted octanol–water partition coefficient (Wildman–Crippen LogP) is 2.93. The Hall–Kier alpha value is -2.98. The van der Waals surface area contributed by atoms with Gasteiger partial charge in [0.1, 0.15) is 23.3 Å². The average Bonchev–Trinajstić information content (AvgIpc) is 2.62. The number of rotatable bonds is 3. The molecule has 128 valence electrons. The van der Waals surface area contributed by atoms with Gasteiger partial charge in [0, 0.05) is 30.5 Å². The number of carboxylic acids is 1. The number of benzene rings is 1. The maximum atomic E-state index is 14.8. The summed E-state index contributed by atoms with van der Waals surface area (Å²) in [5.74, 6) is -2.14. The zero-order valence-electron chi connectivity index (χ0n) is 13.3. The summed E-state index contributed by atoms with van der Waals surface area (Å²) in [6.07, 6.45) is 3.33. The number of carboxylic acid groups (broad SMARTS) is 1. The average molecular weight is 341 g/mol. The maximum absolute atomic E-state index is 14.8. The van der Waals surface area contributed by atoms with E-state index >= 15 is 0 Å². The van der Waals surface area contributed by atoms with Gasteiger partial charge in [-0.3, -0.25) is 0 Å². The van der Waals surface area contributed by atoms with E-state index < -0.39 is 17.3 Å². The fourth-order valence-electron chi connectivity index (χ4n) is 3.05. The number of nitriles is 1. The third-order valence-electron chi connectivity index (χ3n) is 4.40. The van der Waals surface area contributed by atoms with Crippen LogP contribution in [0, 0.1) is 17.1 Å². The molecule has 1 aliphatic heterocycles. The van der Waals surface area contributed by atoms with Crippen molar-refractivity contribution < 1.29 is 19.0 Å². The van der Waals surface area contributed by atoms with Crippen LogP contribution in [0.15, 0.2) is 24.4 Å². The van der Waals surface area contributed by atoms with Gasteiger partial charge in [0.2, 0.25) is 0 Å². The van der Waals surface area contributed by atoms with Crippen LogP contribution in [-0.2, 0) is 4.74 Å². The Labute approximate surface area is 143 Å². The molecule has 1 saturated heterocycles. The summed E-state index contributed by atoms with van der Waals surface area (Å²) in [7, 11) is 0. The molecule has 1 aliphatic rings. The Morgan fingerprint density at radius 1 is 1.36 bits per heavy atom. The van der Waals surface area contributed by atoms with Crippen molar-refractivity contribution >= 4 is 11.8 Å². The summed E-state index contributed by atoms with van der Waals surface area (Å²) in [6, 6.07) is 6.08. The van der Waals surface area contributed by atoms with Crippen LogP contribution in [0.5, 0.6) is 0 Å². The molecule has 0 bridgehead atoms. The first-order valence-corrected chi connectivity index (χ1v) is 7.82. The number of pyridine rings is 1. The van der Waals surface area contributed by atoms with Gasteiger partial charge >= 0.3 is 5.97 Å². The van der Waals surface area contributed by atoms with Gasteiger partial charge in [-0.1, -0.05) is 0 Å². The highest BCUT2D eigenvalue weighted by atomic mass is 19.1. The zero-order chi connectivity index (χ0) is 18.0. The van der Waals surface area contributed by atoms with Gasteiger partial charge in [-0.2, -0.15) is 5.26 Å². The van der Waals surface area contributed by atoms with Gasteiger partial charge in [-0.15, -0.1) is 0 Å². The molecule has 2 aromatic rings. The van der Waals surface area contributed by atoms with Crippen LogP contribution in [0.2, 0.25) is 0 Å². The molecule has 0 spiro atoms. The van der Waals surface area contributed by atoms with Crippen molar-refractivity contribution in [2.75, 3.05) is 18.9 Å². The lowest BCUT2D eigenvalue weighted by Gasteiger charge is -2.23. The van der Waals surface area contributed by atoms with E-state index in [4.69, 9.17) is 15.7 Å². The molecule has 25 heavy (non-hydrogen) atoms. The SMILES string of the molecule is N#Cc1ccc(-c2cc(C3CCOCC3)cnc2N)c(F)c1C(=O)O. The molecule has 1 aromatic carbocycles. The number of nitrogens with zero attached hydrogens (tertiary/aromatic N) is 2. The fraction of sp³-hybridized carbons (Fsp3) is 0.278. The van der Waals surface area contributed by atoms with Crippen molar-refractivity contribution in [2.24, 2.45) is 0 Å². The number of hydrogen-bond donors (Lipinski definition) is 2. The number of halogens is 1. The van der Waals surface area contributed by atoms with E-state index in [0.717, 1.165) is 18.4 Å². The lowest BCUT2D eigenvalue weighted by molar-refractivity contribution is 0.0691. The molecule has 1 fully saturated rings. The second-order valence-corrected chi connectivity index (χ2v) is 5.85. The number of nitrogens with two attached hydrogens (primary N) is 1. The highest BCUT2D eigenvalue weighted by Gasteiger charge is 2.23. The van der Waals surface area contributed by atoms with Crippen LogP contribution >= 0.6 is 0 Å². The predicted molar refractivity (Wildman–Crippen MR) is 88.5 cm³/mol. The van der Waals surface area contributed by atoms with Gasteiger partial charge in [-0.05, 0) is 42.5 Å². The maximum Gasteiger partial charge on any atom is 0.340 e. The molecule has 0 saturated carbocycles. The first kappa shape index (κ1) is 16.9. The van der Waals surface area contributed by atoms with Gasteiger partial charge in [-0.25, -0.2) is 14.2 Å². The Bertz CT molecular complexity index is 871. The molecule has 0 atom stereocenters. The molecule has 6 nitrogen and oxygen atoms in total. The monoisotopic (exact) mass is 341 g/mol. The van der Waals surface area contributed by atoms with Crippen LogP contribution in [0.3, 0.4) is 0 Å². The summed E-state index contributed by atoms with van der Waals surface area (Å²) >= 11 is 0. The fourth-order valence-corrected chi connectivity index (χ4v) is 3.05. The lowest BCUT2D eigenvalue weighted by Crippen LogP contribution is -2.14. The molecule has 2 heterocycles. The number of hydrogen-bond acceptors (Lipinski definition) is 5. The first-order valence-electron chi connectivity index (χ1n) is 7.82. The normalized spacial score (nSPS) is 14.9. The third-order valence-corrected chi connectivity index (χ3v) is 4.40. The molecule has 3 N–H and O–H groups in total. The molecule has 0 aliphatic carbocycles. The van der Waals surface area contributed by atoms with E-state index in [2.05, 4.69) is 4.98 Å². The van der Waals surface area contributed by atoms with E-state index in [1.165, 1.54) is 12.1 Å². The summed E-state index contributed by atoms with van der Waals surface area (Å²) in [4.78, 5) is 15.5. The number of carbonyl (C=O) groups is 1. The number of aromatic carboxylic acids is 1. The minimum absolute atomic E-state index is 0.0234. The first-order chi connectivity index (χ1) is 12.0. The van der Waals surface area contributed by atoms with Crippen molar-refractivity contribution in [3.63, 3.8) is 0 Å². The molecular weight excluding hydrogens is 325 g/mol. The topological polar surface area (TPSA) is 109 Å². The van der Waals surface area contributed by atoms with E-state index in [9.17, 15) is 14.3 Å². The second kappa shape index (κ2) is 6.87. The van der Waals surface area contributed by atoms with Crippen LogP contribution in [0.1, 0.15) is 40.2 Å².